The van der Waals surface area contributed by atoms with Crippen molar-refractivity contribution in [1.82, 2.24) is 10.3 Å². The SMILES string of the molecule is CCOC(=O)C1CCC(O)(CNCc2nc(C)cs2)CC1. The Kier molecular flexibility index (Phi) is 5.72. The van der Waals surface area contributed by atoms with Crippen molar-refractivity contribution in [3.05, 3.63) is 16.1 Å². The van der Waals surface area contributed by atoms with Crippen LogP contribution in [0.5, 0.6) is 0 Å². The number of aliphatic hydroxyl groups is 1. The van der Waals surface area contributed by atoms with E-state index >= 15 is 0 Å². The minimum Gasteiger partial charge on any atom is -0.466 e. The number of aromatic nitrogens is 1. The topological polar surface area (TPSA) is 71.5 Å². The smallest absolute Gasteiger partial charge is 0.308 e. The molecule has 0 atom stereocenters. The lowest BCUT2D eigenvalue weighted by Gasteiger charge is -2.35. The second-order valence-electron chi connectivity index (χ2n) is 5.74. The van der Waals surface area contributed by atoms with Crippen LogP contribution in [0.15, 0.2) is 5.38 Å². The van der Waals surface area contributed by atoms with Gasteiger partial charge in [-0.05, 0) is 39.5 Å². The van der Waals surface area contributed by atoms with E-state index < -0.39 is 5.60 Å². The van der Waals surface area contributed by atoms with E-state index in [4.69, 9.17) is 4.74 Å². The predicted molar refractivity (Wildman–Crippen MR) is 82.1 cm³/mol. The highest BCUT2D eigenvalue weighted by Gasteiger charge is 2.36. The van der Waals surface area contributed by atoms with Gasteiger partial charge in [0.2, 0.25) is 0 Å². The van der Waals surface area contributed by atoms with Crippen LogP contribution < -0.4 is 5.32 Å². The fraction of sp³-hybridized carbons (Fsp3) is 0.733. The summed E-state index contributed by atoms with van der Waals surface area (Å²) in [6.45, 7) is 5.45. The summed E-state index contributed by atoms with van der Waals surface area (Å²) in [5.74, 6) is -0.169. The van der Waals surface area contributed by atoms with E-state index in [1.165, 1.54) is 0 Å². The number of rotatable bonds is 6. The van der Waals surface area contributed by atoms with E-state index in [0.29, 0.717) is 45.4 Å². The maximum Gasteiger partial charge on any atom is 0.308 e. The molecule has 118 valence electrons. The molecule has 1 aliphatic rings. The van der Waals surface area contributed by atoms with Crippen LogP contribution in [0.2, 0.25) is 0 Å². The van der Waals surface area contributed by atoms with Crippen molar-refractivity contribution in [2.45, 2.75) is 51.7 Å². The largest absolute Gasteiger partial charge is 0.466 e. The summed E-state index contributed by atoms with van der Waals surface area (Å²) in [5, 5.41) is 16.9. The predicted octanol–water partition coefficient (Wildman–Crippen LogP) is 2.03. The van der Waals surface area contributed by atoms with Gasteiger partial charge in [0.15, 0.2) is 0 Å². The first-order valence-electron chi connectivity index (χ1n) is 7.53. The number of aryl methyl sites for hydroxylation is 1. The van der Waals surface area contributed by atoms with Crippen LogP contribution in [0.1, 0.15) is 43.3 Å². The molecule has 0 aliphatic heterocycles. The number of nitrogens with one attached hydrogen (secondary N) is 1. The highest BCUT2D eigenvalue weighted by Crippen LogP contribution is 2.32. The summed E-state index contributed by atoms with van der Waals surface area (Å²) >= 11 is 1.63. The van der Waals surface area contributed by atoms with Gasteiger partial charge in [0.25, 0.3) is 0 Å². The second-order valence-corrected chi connectivity index (χ2v) is 6.68. The normalized spacial score (nSPS) is 25.8. The van der Waals surface area contributed by atoms with Crippen molar-refractivity contribution in [2.75, 3.05) is 13.2 Å². The Morgan fingerprint density at radius 3 is 2.86 bits per heavy atom. The fourth-order valence-electron chi connectivity index (χ4n) is 2.71. The summed E-state index contributed by atoms with van der Waals surface area (Å²) in [4.78, 5) is 16.1. The molecule has 1 aromatic heterocycles. The van der Waals surface area contributed by atoms with Gasteiger partial charge in [-0.25, -0.2) is 4.98 Å². The van der Waals surface area contributed by atoms with E-state index in [0.717, 1.165) is 10.7 Å². The molecule has 0 unspecified atom stereocenters. The number of esters is 1. The van der Waals surface area contributed by atoms with Crippen LogP contribution in [0.3, 0.4) is 0 Å². The number of hydrogen-bond donors (Lipinski definition) is 2. The Morgan fingerprint density at radius 1 is 1.57 bits per heavy atom. The molecule has 5 nitrogen and oxygen atoms in total. The third-order valence-corrected chi connectivity index (χ3v) is 4.90. The molecule has 1 aliphatic carbocycles. The molecule has 21 heavy (non-hydrogen) atoms. The number of thiazole rings is 1. The van der Waals surface area contributed by atoms with Gasteiger partial charge >= 0.3 is 5.97 Å². The van der Waals surface area contributed by atoms with Crippen LogP contribution in [0.25, 0.3) is 0 Å². The summed E-state index contributed by atoms with van der Waals surface area (Å²) < 4.78 is 5.05. The molecule has 2 rings (SSSR count). The zero-order valence-electron chi connectivity index (χ0n) is 12.7. The zero-order valence-corrected chi connectivity index (χ0v) is 13.5. The van der Waals surface area contributed by atoms with Gasteiger partial charge < -0.3 is 15.2 Å². The summed E-state index contributed by atoms with van der Waals surface area (Å²) in [6, 6.07) is 0. The molecule has 1 fully saturated rings. The summed E-state index contributed by atoms with van der Waals surface area (Å²) in [5.41, 5.74) is 0.320. The van der Waals surface area contributed by atoms with Crippen LogP contribution in [0.4, 0.5) is 0 Å². The molecule has 0 aromatic carbocycles. The molecule has 0 bridgehead atoms. The number of ether oxygens (including phenoxy) is 1. The molecule has 1 saturated carbocycles. The fourth-order valence-corrected chi connectivity index (χ4v) is 3.46. The Labute approximate surface area is 129 Å². The van der Waals surface area contributed by atoms with Gasteiger partial charge in [0.05, 0.1) is 18.1 Å². The average molecular weight is 312 g/mol. The summed E-state index contributed by atoms with van der Waals surface area (Å²) in [6.07, 6.45) is 2.68. The van der Waals surface area contributed by atoms with E-state index in [1.807, 2.05) is 19.2 Å². The van der Waals surface area contributed by atoms with Crippen molar-refractivity contribution < 1.29 is 14.6 Å². The molecule has 2 N–H and O–H groups in total. The van der Waals surface area contributed by atoms with Crippen molar-refractivity contribution in [1.29, 1.82) is 0 Å². The van der Waals surface area contributed by atoms with Gasteiger partial charge in [-0.15, -0.1) is 11.3 Å². The van der Waals surface area contributed by atoms with Crippen molar-refractivity contribution in [2.24, 2.45) is 5.92 Å². The molecule has 0 radical (unpaired) electrons. The number of carbonyl (C=O) groups excluding carboxylic acids is 1. The maximum atomic E-state index is 11.7. The molecular weight excluding hydrogens is 288 g/mol. The quantitative estimate of drug-likeness (QED) is 0.786. The van der Waals surface area contributed by atoms with Crippen molar-refractivity contribution >= 4 is 17.3 Å². The molecule has 0 saturated heterocycles. The van der Waals surface area contributed by atoms with Crippen molar-refractivity contribution in [3.63, 3.8) is 0 Å². The monoisotopic (exact) mass is 312 g/mol. The third-order valence-electron chi connectivity index (χ3n) is 3.93. The number of hydrogen-bond acceptors (Lipinski definition) is 6. The minimum atomic E-state index is -0.713. The molecule has 1 heterocycles. The Morgan fingerprint density at radius 2 is 2.29 bits per heavy atom. The molecule has 0 spiro atoms. The van der Waals surface area contributed by atoms with E-state index in [-0.39, 0.29) is 11.9 Å². The van der Waals surface area contributed by atoms with Crippen LogP contribution >= 0.6 is 11.3 Å². The highest BCUT2D eigenvalue weighted by molar-refractivity contribution is 7.09. The Bertz CT molecular complexity index is 467. The van der Waals surface area contributed by atoms with Gasteiger partial charge in [-0.1, -0.05) is 0 Å². The second kappa shape index (κ2) is 7.33. The third kappa shape index (κ3) is 4.76. The van der Waals surface area contributed by atoms with Gasteiger partial charge in [0.1, 0.15) is 5.01 Å². The number of nitrogens with zero attached hydrogens (tertiary/aromatic N) is 1. The van der Waals surface area contributed by atoms with Crippen LogP contribution in [-0.4, -0.2) is 34.8 Å². The Hall–Kier alpha value is -0.980. The van der Waals surface area contributed by atoms with E-state index in [9.17, 15) is 9.90 Å². The maximum absolute atomic E-state index is 11.7. The van der Waals surface area contributed by atoms with Gasteiger partial charge in [-0.3, -0.25) is 4.79 Å². The molecule has 1 aromatic rings. The van der Waals surface area contributed by atoms with Crippen LogP contribution in [-0.2, 0) is 16.1 Å². The van der Waals surface area contributed by atoms with E-state index in [1.54, 1.807) is 11.3 Å². The standard InChI is InChI=1S/C15H24N2O3S/c1-3-20-14(18)12-4-6-15(19,7-5-12)10-16-8-13-17-11(2)9-21-13/h9,12,16,19H,3-8,10H2,1-2H3. The lowest BCUT2D eigenvalue weighted by Crippen LogP contribution is -2.44. The first-order chi connectivity index (χ1) is 10.0. The van der Waals surface area contributed by atoms with Gasteiger partial charge in [-0.2, -0.15) is 0 Å². The van der Waals surface area contributed by atoms with Crippen molar-refractivity contribution in [3.8, 4) is 0 Å². The lowest BCUT2D eigenvalue weighted by molar-refractivity contribution is -0.151. The van der Waals surface area contributed by atoms with Gasteiger partial charge in [0, 0.05) is 24.2 Å². The first kappa shape index (κ1) is 16.4. The summed E-state index contributed by atoms with van der Waals surface area (Å²) in [7, 11) is 0. The zero-order chi connectivity index (χ0) is 15.3. The highest BCUT2D eigenvalue weighted by atomic mass is 32.1. The minimum absolute atomic E-state index is 0.0492. The number of carbonyl (C=O) groups is 1. The van der Waals surface area contributed by atoms with Crippen LogP contribution in [0, 0.1) is 12.8 Å². The lowest BCUT2D eigenvalue weighted by atomic mass is 9.79. The first-order valence-corrected chi connectivity index (χ1v) is 8.41. The molecule has 6 heteroatoms. The molecule has 0 amide bonds. The molecular formula is C15H24N2O3S. The van der Waals surface area contributed by atoms with E-state index in [2.05, 4.69) is 10.3 Å². The average Bonchev–Trinajstić information content (AvgIpc) is 2.85. The Balaban J connectivity index is 1.73.